The summed E-state index contributed by atoms with van der Waals surface area (Å²) in [4.78, 5) is 0. The molecule has 1 aliphatic carbocycles. The number of rotatable bonds is 1. The Balaban J connectivity index is 2.59. The maximum atomic E-state index is 2.45. The van der Waals surface area contributed by atoms with E-state index in [0.29, 0.717) is 10.8 Å². The maximum absolute atomic E-state index is 2.45. The van der Waals surface area contributed by atoms with E-state index in [1.165, 1.54) is 32.1 Å². The first-order valence-electron chi connectivity index (χ1n) is 4.97. The molecule has 0 radical (unpaired) electrons. The third kappa shape index (κ3) is 2.21. The number of hydrogen-bond acceptors (Lipinski definition) is 0. The van der Waals surface area contributed by atoms with Gasteiger partial charge in [-0.2, -0.15) is 0 Å². The van der Waals surface area contributed by atoms with Crippen LogP contribution in [0, 0.1) is 10.8 Å². The van der Waals surface area contributed by atoms with E-state index in [1.807, 2.05) is 0 Å². The van der Waals surface area contributed by atoms with E-state index >= 15 is 0 Å². The summed E-state index contributed by atoms with van der Waals surface area (Å²) in [6, 6.07) is 0. The molecule has 11 heavy (non-hydrogen) atoms. The van der Waals surface area contributed by atoms with E-state index in [9.17, 15) is 0 Å². The molecule has 1 atom stereocenters. The highest BCUT2D eigenvalue weighted by Gasteiger charge is 2.34. The Labute approximate surface area is 71.4 Å². The molecular weight excluding hydrogens is 132 g/mol. The fraction of sp³-hybridized carbons (Fsp3) is 1.00. The van der Waals surface area contributed by atoms with Gasteiger partial charge < -0.3 is 0 Å². The quantitative estimate of drug-likeness (QED) is 0.535. The molecular formula is C11H22. The van der Waals surface area contributed by atoms with E-state index in [4.69, 9.17) is 0 Å². The van der Waals surface area contributed by atoms with Gasteiger partial charge in [-0.1, -0.05) is 40.5 Å². The van der Waals surface area contributed by atoms with E-state index in [1.54, 1.807) is 0 Å². The Bertz CT molecular complexity index is 135. The van der Waals surface area contributed by atoms with E-state index in [-0.39, 0.29) is 0 Å². The summed E-state index contributed by atoms with van der Waals surface area (Å²) < 4.78 is 0. The summed E-state index contributed by atoms with van der Waals surface area (Å²) >= 11 is 0. The molecule has 0 unspecified atom stereocenters. The van der Waals surface area contributed by atoms with Crippen molar-refractivity contribution in [2.24, 2.45) is 10.8 Å². The molecule has 1 aliphatic rings. The normalized spacial score (nSPS) is 37.1. The standard InChI is InChI=1S/C11H22/c1-5-11(4)8-6-7-10(2,3)9-11/h5-9H2,1-4H3/t11-/m0/s1. The van der Waals surface area contributed by atoms with Crippen LogP contribution in [0.5, 0.6) is 0 Å². The molecule has 66 valence electrons. The van der Waals surface area contributed by atoms with Crippen LogP contribution in [0.15, 0.2) is 0 Å². The van der Waals surface area contributed by atoms with Crippen LogP contribution in [-0.4, -0.2) is 0 Å². The van der Waals surface area contributed by atoms with Crippen LogP contribution >= 0.6 is 0 Å². The van der Waals surface area contributed by atoms with Crippen LogP contribution in [0.25, 0.3) is 0 Å². The molecule has 1 saturated carbocycles. The predicted molar refractivity (Wildman–Crippen MR) is 50.6 cm³/mol. The third-order valence-corrected chi connectivity index (χ3v) is 3.39. The van der Waals surface area contributed by atoms with Crippen molar-refractivity contribution < 1.29 is 0 Å². The molecule has 0 amide bonds. The van der Waals surface area contributed by atoms with Crippen molar-refractivity contribution >= 4 is 0 Å². The van der Waals surface area contributed by atoms with Crippen molar-refractivity contribution in [3.05, 3.63) is 0 Å². The molecule has 0 aromatic rings. The van der Waals surface area contributed by atoms with Crippen LogP contribution in [0.4, 0.5) is 0 Å². The van der Waals surface area contributed by atoms with Crippen molar-refractivity contribution in [2.75, 3.05) is 0 Å². The van der Waals surface area contributed by atoms with Crippen molar-refractivity contribution in [3.63, 3.8) is 0 Å². The first-order valence-corrected chi connectivity index (χ1v) is 4.97. The van der Waals surface area contributed by atoms with Crippen LogP contribution < -0.4 is 0 Å². The highest BCUT2D eigenvalue weighted by atomic mass is 14.4. The second-order valence-corrected chi connectivity index (χ2v) is 5.36. The molecule has 0 aromatic carbocycles. The molecule has 0 bridgehead atoms. The summed E-state index contributed by atoms with van der Waals surface area (Å²) in [7, 11) is 0. The Hall–Kier alpha value is 0. The SMILES string of the molecule is CC[C@@]1(C)CCCC(C)(C)C1. The average Bonchev–Trinajstić information content (AvgIpc) is 1.85. The van der Waals surface area contributed by atoms with Gasteiger partial charge in [0.1, 0.15) is 0 Å². The van der Waals surface area contributed by atoms with Crippen molar-refractivity contribution in [2.45, 2.75) is 59.8 Å². The van der Waals surface area contributed by atoms with Crippen molar-refractivity contribution in [1.82, 2.24) is 0 Å². The minimum absolute atomic E-state index is 0.614. The molecule has 0 heteroatoms. The van der Waals surface area contributed by atoms with Crippen LogP contribution in [0.3, 0.4) is 0 Å². The maximum Gasteiger partial charge on any atom is -0.0323 e. The van der Waals surface area contributed by atoms with Gasteiger partial charge in [-0.3, -0.25) is 0 Å². The van der Waals surface area contributed by atoms with Crippen molar-refractivity contribution in [1.29, 1.82) is 0 Å². The van der Waals surface area contributed by atoms with Gasteiger partial charge in [-0.15, -0.1) is 0 Å². The number of hydrogen-bond donors (Lipinski definition) is 0. The summed E-state index contributed by atoms with van der Waals surface area (Å²) in [6.45, 7) is 9.62. The summed E-state index contributed by atoms with van der Waals surface area (Å²) in [5.74, 6) is 0. The molecule has 0 aliphatic heterocycles. The lowest BCUT2D eigenvalue weighted by molar-refractivity contribution is 0.0957. The average molecular weight is 154 g/mol. The second-order valence-electron chi connectivity index (χ2n) is 5.36. The van der Waals surface area contributed by atoms with Crippen LogP contribution in [0.1, 0.15) is 59.8 Å². The van der Waals surface area contributed by atoms with Gasteiger partial charge in [-0.25, -0.2) is 0 Å². The van der Waals surface area contributed by atoms with E-state index in [2.05, 4.69) is 27.7 Å². The Morgan fingerprint density at radius 1 is 1.09 bits per heavy atom. The molecule has 0 aromatic heterocycles. The summed E-state index contributed by atoms with van der Waals surface area (Å²) in [5, 5.41) is 0. The van der Waals surface area contributed by atoms with Gasteiger partial charge in [-0.05, 0) is 30.1 Å². The van der Waals surface area contributed by atoms with Gasteiger partial charge in [0.05, 0.1) is 0 Å². The molecule has 1 rings (SSSR count). The molecule has 0 N–H and O–H groups in total. The minimum atomic E-state index is 0.614. The molecule has 0 heterocycles. The minimum Gasteiger partial charge on any atom is -0.0649 e. The first-order chi connectivity index (χ1) is 4.97. The van der Waals surface area contributed by atoms with Gasteiger partial charge in [0.2, 0.25) is 0 Å². The van der Waals surface area contributed by atoms with Gasteiger partial charge in [0.15, 0.2) is 0 Å². The lowest BCUT2D eigenvalue weighted by atomic mass is 9.63. The topological polar surface area (TPSA) is 0 Å². The van der Waals surface area contributed by atoms with Crippen LogP contribution in [0.2, 0.25) is 0 Å². The third-order valence-electron chi connectivity index (χ3n) is 3.39. The van der Waals surface area contributed by atoms with Crippen LogP contribution in [-0.2, 0) is 0 Å². The van der Waals surface area contributed by atoms with Gasteiger partial charge in [0.25, 0.3) is 0 Å². The fourth-order valence-electron chi connectivity index (χ4n) is 2.63. The molecule has 0 saturated heterocycles. The zero-order chi connectivity index (χ0) is 8.54. The first kappa shape index (κ1) is 9.09. The summed E-state index contributed by atoms with van der Waals surface area (Å²) in [6.07, 6.45) is 7.11. The summed E-state index contributed by atoms with van der Waals surface area (Å²) in [5.41, 5.74) is 1.27. The Morgan fingerprint density at radius 3 is 2.09 bits per heavy atom. The lowest BCUT2D eigenvalue weighted by Gasteiger charge is -2.42. The molecule has 0 nitrogen and oxygen atoms in total. The van der Waals surface area contributed by atoms with Crippen molar-refractivity contribution in [3.8, 4) is 0 Å². The van der Waals surface area contributed by atoms with Gasteiger partial charge in [0, 0.05) is 0 Å². The second kappa shape index (κ2) is 2.80. The smallest absolute Gasteiger partial charge is 0.0323 e. The molecule has 0 spiro atoms. The van der Waals surface area contributed by atoms with E-state index in [0.717, 1.165) is 0 Å². The monoisotopic (exact) mass is 154 g/mol. The largest absolute Gasteiger partial charge is 0.0649 e. The zero-order valence-corrected chi connectivity index (χ0v) is 8.54. The fourth-order valence-corrected chi connectivity index (χ4v) is 2.63. The lowest BCUT2D eigenvalue weighted by Crippen LogP contribution is -2.30. The Kier molecular flexibility index (Phi) is 2.32. The van der Waals surface area contributed by atoms with Gasteiger partial charge >= 0.3 is 0 Å². The highest BCUT2D eigenvalue weighted by molar-refractivity contribution is 4.86. The molecule has 1 fully saturated rings. The Morgan fingerprint density at radius 2 is 1.73 bits per heavy atom. The highest BCUT2D eigenvalue weighted by Crippen LogP contribution is 2.47. The zero-order valence-electron chi connectivity index (χ0n) is 8.54. The van der Waals surface area contributed by atoms with E-state index < -0.39 is 0 Å². The predicted octanol–water partition coefficient (Wildman–Crippen LogP) is 4.00.